The number of benzene rings is 2. The van der Waals surface area contributed by atoms with Crippen LogP contribution in [-0.2, 0) is 0 Å². The van der Waals surface area contributed by atoms with Gasteiger partial charge in [-0.25, -0.2) is 4.99 Å². The van der Waals surface area contributed by atoms with Crippen molar-refractivity contribution in [1.29, 1.82) is 0 Å². The molecule has 1 aliphatic heterocycles. The fraction of sp³-hybridized carbons (Fsp3) is 0.222. The number of amidine groups is 1. The van der Waals surface area contributed by atoms with Crippen molar-refractivity contribution in [3.8, 4) is 5.75 Å². The summed E-state index contributed by atoms with van der Waals surface area (Å²) < 4.78 is 4.98. The molecular weight excluding hydrogens is 390 g/mol. The maximum atomic E-state index is 12.9. The van der Waals surface area contributed by atoms with E-state index in [0.717, 1.165) is 5.56 Å². The molecule has 0 aliphatic carbocycles. The van der Waals surface area contributed by atoms with Gasteiger partial charge >= 0.3 is 5.69 Å². The molecule has 7 nitrogen and oxygen atoms in total. The molecule has 3 rings (SSSR count). The number of rotatable bonds is 4. The molecule has 0 aromatic heterocycles. The Hall–Kier alpha value is -2.58. The Labute approximate surface area is 165 Å². The normalized spacial score (nSPS) is 15.2. The lowest BCUT2D eigenvalue weighted by molar-refractivity contribution is -0.385. The highest BCUT2D eigenvalue weighted by Gasteiger charge is 2.29. The van der Waals surface area contributed by atoms with E-state index in [9.17, 15) is 14.9 Å². The fourth-order valence-corrected chi connectivity index (χ4v) is 3.74. The van der Waals surface area contributed by atoms with Crippen LogP contribution < -0.4 is 4.74 Å². The number of nitrogens with zero attached hydrogens (tertiary/aromatic N) is 3. The van der Waals surface area contributed by atoms with Crippen molar-refractivity contribution in [3.63, 3.8) is 0 Å². The SMILES string of the molecule is COc1ccc(C(=O)N2CCSC2=Nc2cccc(Cl)c2C)cc1[N+](=O)[O-]. The van der Waals surface area contributed by atoms with E-state index in [4.69, 9.17) is 16.3 Å². The Kier molecular flexibility index (Phi) is 5.67. The van der Waals surface area contributed by atoms with Crippen molar-refractivity contribution in [2.45, 2.75) is 6.92 Å². The van der Waals surface area contributed by atoms with Gasteiger partial charge in [-0.1, -0.05) is 29.4 Å². The first-order valence-electron chi connectivity index (χ1n) is 8.03. The zero-order valence-corrected chi connectivity index (χ0v) is 16.2. The van der Waals surface area contributed by atoms with Crippen molar-refractivity contribution in [2.75, 3.05) is 19.4 Å². The predicted molar refractivity (Wildman–Crippen MR) is 106 cm³/mol. The van der Waals surface area contributed by atoms with E-state index in [-0.39, 0.29) is 22.9 Å². The van der Waals surface area contributed by atoms with Crippen LogP contribution in [-0.4, -0.2) is 40.3 Å². The minimum absolute atomic E-state index is 0.107. The third-order valence-electron chi connectivity index (χ3n) is 4.10. The second-order valence-corrected chi connectivity index (χ2v) is 7.20. The molecule has 1 heterocycles. The molecule has 9 heteroatoms. The van der Waals surface area contributed by atoms with Crippen molar-refractivity contribution in [2.24, 2.45) is 4.99 Å². The van der Waals surface area contributed by atoms with E-state index in [1.54, 1.807) is 12.1 Å². The Morgan fingerprint density at radius 1 is 1.37 bits per heavy atom. The summed E-state index contributed by atoms with van der Waals surface area (Å²) >= 11 is 7.59. The van der Waals surface area contributed by atoms with E-state index in [2.05, 4.69) is 4.99 Å². The summed E-state index contributed by atoms with van der Waals surface area (Å²) in [5, 5.41) is 12.4. The number of amides is 1. The molecule has 0 saturated carbocycles. The molecule has 0 N–H and O–H groups in total. The lowest BCUT2D eigenvalue weighted by atomic mass is 10.1. The Morgan fingerprint density at radius 2 is 2.15 bits per heavy atom. The molecule has 0 bridgehead atoms. The Balaban J connectivity index is 1.94. The molecule has 2 aromatic carbocycles. The summed E-state index contributed by atoms with van der Waals surface area (Å²) in [5.41, 5.74) is 1.47. The minimum Gasteiger partial charge on any atom is -0.490 e. The van der Waals surface area contributed by atoms with Crippen LogP contribution in [0.2, 0.25) is 5.02 Å². The number of nitro benzene ring substituents is 1. The van der Waals surface area contributed by atoms with Crippen molar-refractivity contribution < 1.29 is 14.5 Å². The predicted octanol–water partition coefficient (Wildman–Crippen LogP) is 4.44. The number of hydrogen-bond donors (Lipinski definition) is 0. The summed E-state index contributed by atoms with van der Waals surface area (Å²) in [7, 11) is 1.35. The number of aliphatic imine (C=N–C) groups is 1. The lowest BCUT2D eigenvalue weighted by Gasteiger charge is -2.16. The summed E-state index contributed by atoms with van der Waals surface area (Å²) in [4.78, 5) is 29.7. The van der Waals surface area contributed by atoms with Crippen molar-refractivity contribution in [3.05, 3.63) is 62.7 Å². The first-order chi connectivity index (χ1) is 12.9. The molecule has 1 saturated heterocycles. The molecule has 0 spiro atoms. The Morgan fingerprint density at radius 3 is 2.85 bits per heavy atom. The van der Waals surface area contributed by atoms with Crippen molar-refractivity contribution >= 4 is 45.8 Å². The van der Waals surface area contributed by atoms with Gasteiger partial charge in [0, 0.05) is 29.0 Å². The molecule has 2 aromatic rings. The van der Waals surface area contributed by atoms with Gasteiger partial charge in [0.2, 0.25) is 0 Å². The van der Waals surface area contributed by atoms with Gasteiger partial charge < -0.3 is 4.74 Å². The first kappa shape index (κ1) is 19.2. The fourth-order valence-electron chi connectivity index (χ4n) is 2.62. The van der Waals surface area contributed by atoms with Gasteiger partial charge in [-0.3, -0.25) is 19.8 Å². The summed E-state index contributed by atoms with van der Waals surface area (Å²) in [6.07, 6.45) is 0. The van der Waals surface area contributed by atoms with Crippen molar-refractivity contribution in [1.82, 2.24) is 4.90 Å². The zero-order valence-electron chi connectivity index (χ0n) is 14.6. The van der Waals surface area contributed by atoms with Crippen LogP contribution in [0.3, 0.4) is 0 Å². The topological polar surface area (TPSA) is 85.0 Å². The lowest BCUT2D eigenvalue weighted by Crippen LogP contribution is -2.31. The molecule has 1 fully saturated rings. The van der Waals surface area contributed by atoms with E-state index in [0.29, 0.717) is 28.2 Å². The van der Waals surface area contributed by atoms with Gasteiger partial charge in [-0.05, 0) is 36.8 Å². The summed E-state index contributed by atoms with van der Waals surface area (Å²) in [6.45, 7) is 2.34. The highest BCUT2D eigenvalue weighted by molar-refractivity contribution is 8.14. The second kappa shape index (κ2) is 7.98. The zero-order chi connectivity index (χ0) is 19.6. The number of carbonyl (C=O) groups is 1. The molecule has 1 amide bonds. The average molecular weight is 406 g/mol. The number of nitro groups is 1. The smallest absolute Gasteiger partial charge is 0.311 e. The standard InChI is InChI=1S/C18H16ClN3O4S/c1-11-13(19)4-3-5-14(11)20-18-21(8-9-27-18)17(23)12-6-7-16(26-2)15(10-12)22(24)25/h3-7,10H,8-9H2,1-2H3. The van der Waals surface area contributed by atoms with Gasteiger partial charge in [0.25, 0.3) is 5.91 Å². The average Bonchev–Trinajstić information content (AvgIpc) is 3.12. The maximum absolute atomic E-state index is 12.9. The first-order valence-corrected chi connectivity index (χ1v) is 9.39. The monoisotopic (exact) mass is 405 g/mol. The van der Waals surface area contributed by atoms with Gasteiger partial charge in [0.15, 0.2) is 10.9 Å². The third-order valence-corrected chi connectivity index (χ3v) is 5.47. The number of ether oxygens (including phenoxy) is 1. The van der Waals surface area contributed by atoms with E-state index in [1.165, 1.54) is 42.0 Å². The van der Waals surface area contributed by atoms with Crippen LogP contribution in [0.25, 0.3) is 0 Å². The molecule has 1 aliphatic rings. The molecule has 0 radical (unpaired) electrons. The number of thioether (sulfide) groups is 1. The van der Waals surface area contributed by atoms with Crippen LogP contribution in [0.1, 0.15) is 15.9 Å². The Bertz CT molecular complexity index is 948. The quantitative estimate of drug-likeness (QED) is 0.554. The van der Waals surface area contributed by atoms with Gasteiger partial charge in [-0.2, -0.15) is 0 Å². The largest absolute Gasteiger partial charge is 0.490 e. The van der Waals surface area contributed by atoms with E-state index >= 15 is 0 Å². The molecule has 0 unspecified atom stereocenters. The maximum Gasteiger partial charge on any atom is 0.311 e. The number of methoxy groups -OCH3 is 1. The highest BCUT2D eigenvalue weighted by atomic mass is 35.5. The van der Waals surface area contributed by atoms with Gasteiger partial charge in [0.1, 0.15) is 0 Å². The van der Waals surface area contributed by atoms with Crippen LogP contribution in [0.4, 0.5) is 11.4 Å². The summed E-state index contributed by atoms with van der Waals surface area (Å²) in [6, 6.07) is 9.57. The van der Waals surface area contributed by atoms with Crippen LogP contribution in [0.15, 0.2) is 41.4 Å². The molecule has 27 heavy (non-hydrogen) atoms. The second-order valence-electron chi connectivity index (χ2n) is 5.73. The minimum atomic E-state index is -0.571. The van der Waals surface area contributed by atoms with Gasteiger partial charge in [0.05, 0.1) is 17.7 Å². The molecule has 140 valence electrons. The number of carbonyl (C=O) groups excluding carboxylic acids is 1. The third kappa shape index (κ3) is 3.91. The van der Waals surface area contributed by atoms with Crippen LogP contribution in [0.5, 0.6) is 5.75 Å². The van der Waals surface area contributed by atoms with Crippen LogP contribution >= 0.6 is 23.4 Å². The number of hydrogen-bond acceptors (Lipinski definition) is 6. The molecular formula is C18H16ClN3O4S. The van der Waals surface area contributed by atoms with E-state index < -0.39 is 4.92 Å². The molecule has 0 atom stereocenters. The van der Waals surface area contributed by atoms with Crippen LogP contribution in [0, 0.1) is 17.0 Å². The van der Waals surface area contributed by atoms with E-state index in [1.807, 2.05) is 13.0 Å². The number of halogens is 1. The van der Waals surface area contributed by atoms with Gasteiger partial charge in [-0.15, -0.1) is 0 Å². The summed E-state index contributed by atoms with van der Waals surface area (Å²) in [5.74, 6) is 0.461. The highest BCUT2D eigenvalue weighted by Crippen LogP contribution is 2.31.